The lowest BCUT2D eigenvalue weighted by atomic mass is 10.0. The van der Waals surface area contributed by atoms with Crippen LogP contribution in [0.25, 0.3) is 0 Å². The third-order valence-corrected chi connectivity index (χ3v) is 3.94. The van der Waals surface area contributed by atoms with Crippen molar-refractivity contribution >= 4 is 5.91 Å². The maximum Gasteiger partial charge on any atom is 0.237 e. The van der Waals surface area contributed by atoms with Gasteiger partial charge in [-0.15, -0.1) is 0 Å². The molecule has 1 aromatic carbocycles. The van der Waals surface area contributed by atoms with E-state index in [2.05, 4.69) is 10.2 Å². The van der Waals surface area contributed by atoms with Gasteiger partial charge in [-0.2, -0.15) is 0 Å². The zero-order valence-electron chi connectivity index (χ0n) is 13.0. The van der Waals surface area contributed by atoms with Gasteiger partial charge in [0, 0.05) is 6.04 Å². The van der Waals surface area contributed by atoms with Crippen molar-refractivity contribution in [2.45, 2.75) is 44.9 Å². The van der Waals surface area contributed by atoms with Crippen molar-refractivity contribution in [2.24, 2.45) is 0 Å². The number of carbonyl (C=O) groups excluding carboxylic acids is 1. The number of rotatable bonds is 6. The Bertz CT molecular complexity index is 436. The van der Waals surface area contributed by atoms with Crippen molar-refractivity contribution in [2.75, 3.05) is 20.2 Å². The number of nitrogens with zero attached hydrogens (tertiary/aromatic N) is 1. The standard InChI is InChI=1S/C17H26N2O2/c1-14(12-21-13-15-8-4-3-5-9-15)18-17(20)16-10-6-7-11-19(16)2/h3-5,8-9,14,16H,6-7,10-13H2,1-2H3,(H,18,20)/t14-,16+/m0/s1. The predicted octanol–water partition coefficient (Wildman–Crippen LogP) is 2.19. The lowest BCUT2D eigenvalue weighted by Crippen LogP contribution is -2.50. The molecule has 0 saturated carbocycles. The maximum atomic E-state index is 12.2. The number of piperidine rings is 1. The van der Waals surface area contributed by atoms with E-state index < -0.39 is 0 Å². The monoisotopic (exact) mass is 290 g/mol. The summed E-state index contributed by atoms with van der Waals surface area (Å²) < 4.78 is 5.67. The molecular weight excluding hydrogens is 264 g/mol. The number of likely N-dealkylation sites (tertiary alicyclic amines) is 1. The van der Waals surface area contributed by atoms with E-state index >= 15 is 0 Å². The summed E-state index contributed by atoms with van der Waals surface area (Å²) in [6, 6.07) is 10.1. The smallest absolute Gasteiger partial charge is 0.237 e. The first-order valence-corrected chi connectivity index (χ1v) is 7.79. The zero-order chi connectivity index (χ0) is 15.1. The highest BCUT2D eigenvalue weighted by molar-refractivity contribution is 5.82. The van der Waals surface area contributed by atoms with E-state index in [9.17, 15) is 4.79 Å². The van der Waals surface area contributed by atoms with E-state index in [0.29, 0.717) is 13.2 Å². The lowest BCUT2D eigenvalue weighted by molar-refractivity contribution is -0.128. The van der Waals surface area contributed by atoms with Gasteiger partial charge in [-0.25, -0.2) is 0 Å². The summed E-state index contributed by atoms with van der Waals surface area (Å²) in [7, 11) is 2.03. The molecule has 0 radical (unpaired) electrons. The summed E-state index contributed by atoms with van der Waals surface area (Å²) in [4.78, 5) is 14.4. The van der Waals surface area contributed by atoms with E-state index in [0.717, 1.165) is 24.9 Å². The summed E-state index contributed by atoms with van der Waals surface area (Å²) in [5.74, 6) is 0.132. The first-order chi connectivity index (χ1) is 10.2. The number of likely N-dealkylation sites (N-methyl/N-ethyl adjacent to an activating group) is 1. The Kier molecular flexibility index (Phi) is 6.21. The average molecular weight is 290 g/mol. The summed E-state index contributed by atoms with van der Waals surface area (Å²) >= 11 is 0. The quantitative estimate of drug-likeness (QED) is 0.873. The molecule has 4 heteroatoms. The highest BCUT2D eigenvalue weighted by atomic mass is 16.5. The Balaban J connectivity index is 1.69. The fourth-order valence-corrected chi connectivity index (χ4v) is 2.71. The van der Waals surface area contributed by atoms with Crippen LogP contribution in [0.15, 0.2) is 30.3 Å². The number of hydrogen-bond donors (Lipinski definition) is 1. The summed E-state index contributed by atoms with van der Waals surface area (Å²) in [5, 5.41) is 3.06. The molecule has 0 aromatic heterocycles. The number of ether oxygens (including phenoxy) is 1. The summed E-state index contributed by atoms with van der Waals surface area (Å²) in [6.45, 7) is 4.13. The fraction of sp³-hybridized carbons (Fsp3) is 0.588. The second kappa shape index (κ2) is 8.15. The Morgan fingerprint density at radius 2 is 2.14 bits per heavy atom. The lowest BCUT2D eigenvalue weighted by Gasteiger charge is -2.32. The van der Waals surface area contributed by atoms with Gasteiger partial charge in [-0.05, 0) is 38.9 Å². The van der Waals surface area contributed by atoms with Gasteiger partial charge in [0.2, 0.25) is 5.91 Å². The van der Waals surface area contributed by atoms with Crippen LogP contribution >= 0.6 is 0 Å². The van der Waals surface area contributed by atoms with Gasteiger partial charge in [-0.1, -0.05) is 36.8 Å². The van der Waals surface area contributed by atoms with Crippen LogP contribution in [0, 0.1) is 0 Å². The van der Waals surface area contributed by atoms with Crippen LogP contribution in [0.5, 0.6) is 0 Å². The van der Waals surface area contributed by atoms with Gasteiger partial charge in [0.15, 0.2) is 0 Å². The molecule has 1 aromatic rings. The van der Waals surface area contributed by atoms with Crippen molar-refractivity contribution in [3.05, 3.63) is 35.9 Å². The molecule has 0 unspecified atom stereocenters. The Labute approximate surface area is 127 Å². The number of nitrogens with one attached hydrogen (secondary N) is 1. The van der Waals surface area contributed by atoms with Crippen molar-refractivity contribution in [1.29, 1.82) is 0 Å². The maximum absolute atomic E-state index is 12.2. The molecule has 21 heavy (non-hydrogen) atoms. The zero-order valence-corrected chi connectivity index (χ0v) is 13.0. The molecule has 2 atom stereocenters. The third-order valence-electron chi connectivity index (χ3n) is 3.94. The topological polar surface area (TPSA) is 41.6 Å². The number of benzene rings is 1. The highest BCUT2D eigenvalue weighted by Gasteiger charge is 2.26. The van der Waals surface area contributed by atoms with Gasteiger partial charge < -0.3 is 10.1 Å². The van der Waals surface area contributed by atoms with Crippen LogP contribution in [0.3, 0.4) is 0 Å². The number of hydrogen-bond acceptors (Lipinski definition) is 3. The molecule has 1 aliphatic heterocycles. The first kappa shape index (κ1) is 16.0. The molecule has 1 saturated heterocycles. The minimum Gasteiger partial charge on any atom is -0.375 e. The molecule has 0 aliphatic carbocycles. The molecule has 1 fully saturated rings. The van der Waals surface area contributed by atoms with E-state index in [1.807, 2.05) is 44.3 Å². The van der Waals surface area contributed by atoms with Gasteiger partial charge in [0.05, 0.1) is 19.3 Å². The molecule has 1 amide bonds. The van der Waals surface area contributed by atoms with E-state index in [1.165, 1.54) is 6.42 Å². The minimum absolute atomic E-state index is 0.0234. The SMILES string of the molecule is C[C@@H](COCc1ccccc1)NC(=O)[C@H]1CCCCN1C. The van der Waals surface area contributed by atoms with Gasteiger partial charge in [-0.3, -0.25) is 9.69 Å². The normalized spacial score (nSPS) is 21.0. The van der Waals surface area contributed by atoms with Crippen LogP contribution in [-0.4, -0.2) is 43.1 Å². The molecule has 1 aliphatic rings. The van der Waals surface area contributed by atoms with E-state index in [1.54, 1.807) is 0 Å². The molecule has 0 spiro atoms. The van der Waals surface area contributed by atoms with Crippen LogP contribution in [-0.2, 0) is 16.1 Å². The van der Waals surface area contributed by atoms with Gasteiger partial charge in [0.25, 0.3) is 0 Å². The van der Waals surface area contributed by atoms with Crippen molar-refractivity contribution < 1.29 is 9.53 Å². The summed E-state index contributed by atoms with van der Waals surface area (Å²) in [6.07, 6.45) is 3.29. The highest BCUT2D eigenvalue weighted by Crippen LogP contribution is 2.15. The Hall–Kier alpha value is -1.39. The number of carbonyl (C=O) groups is 1. The Morgan fingerprint density at radius 1 is 1.38 bits per heavy atom. The third kappa shape index (κ3) is 5.14. The molecule has 1 heterocycles. The molecule has 116 valence electrons. The second-order valence-electron chi connectivity index (χ2n) is 5.90. The van der Waals surface area contributed by atoms with E-state index in [-0.39, 0.29) is 18.0 Å². The second-order valence-corrected chi connectivity index (χ2v) is 5.90. The van der Waals surface area contributed by atoms with Gasteiger partial charge >= 0.3 is 0 Å². The Morgan fingerprint density at radius 3 is 2.86 bits per heavy atom. The van der Waals surface area contributed by atoms with Crippen LogP contribution < -0.4 is 5.32 Å². The molecule has 0 bridgehead atoms. The van der Waals surface area contributed by atoms with Crippen molar-refractivity contribution in [3.63, 3.8) is 0 Å². The van der Waals surface area contributed by atoms with Crippen molar-refractivity contribution in [1.82, 2.24) is 10.2 Å². The minimum atomic E-state index is 0.0234. The van der Waals surface area contributed by atoms with E-state index in [4.69, 9.17) is 4.74 Å². The molecule has 4 nitrogen and oxygen atoms in total. The average Bonchev–Trinajstić information content (AvgIpc) is 2.48. The largest absolute Gasteiger partial charge is 0.375 e. The van der Waals surface area contributed by atoms with Crippen molar-refractivity contribution in [3.8, 4) is 0 Å². The fourth-order valence-electron chi connectivity index (χ4n) is 2.71. The summed E-state index contributed by atoms with van der Waals surface area (Å²) in [5.41, 5.74) is 1.16. The molecule has 1 N–H and O–H groups in total. The van der Waals surface area contributed by atoms with Gasteiger partial charge in [0.1, 0.15) is 0 Å². The van der Waals surface area contributed by atoms with Crippen LogP contribution in [0.2, 0.25) is 0 Å². The number of amides is 1. The van der Waals surface area contributed by atoms with Crippen LogP contribution in [0.1, 0.15) is 31.7 Å². The van der Waals surface area contributed by atoms with Crippen LogP contribution in [0.4, 0.5) is 0 Å². The molecular formula is C17H26N2O2. The molecule has 2 rings (SSSR count). The predicted molar refractivity (Wildman–Crippen MR) is 84.0 cm³/mol. The first-order valence-electron chi connectivity index (χ1n) is 7.79.